The lowest BCUT2D eigenvalue weighted by Crippen LogP contribution is -2.54. The Balaban J connectivity index is 1.99. The zero-order chi connectivity index (χ0) is 15.6. The monoisotopic (exact) mass is 306 g/mol. The van der Waals surface area contributed by atoms with Crippen molar-refractivity contribution in [2.75, 3.05) is 14.2 Å². The summed E-state index contributed by atoms with van der Waals surface area (Å²) < 4.78 is 27.7. The molecule has 124 valence electrons. The molecule has 0 saturated carbocycles. The second kappa shape index (κ2) is 7.32. The number of hydrogen-bond acceptors (Lipinski definition) is 7. The molecule has 0 radical (unpaired) electrons. The predicted molar refractivity (Wildman–Crippen MR) is 72.6 cm³/mol. The van der Waals surface area contributed by atoms with Gasteiger partial charge in [0.05, 0.1) is 24.4 Å². The molecule has 2 rings (SSSR count). The minimum Gasteiger partial charge on any atom is -0.388 e. The van der Waals surface area contributed by atoms with Crippen molar-refractivity contribution in [2.24, 2.45) is 0 Å². The summed E-state index contributed by atoms with van der Waals surface area (Å²) in [6.45, 7) is 3.61. The number of methoxy groups -OCH3 is 2. The largest absolute Gasteiger partial charge is 0.388 e. The Morgan fingerprint density at radius 2 is 1.57 bits per heavy atom. The fourth-order valence-corrected chi connectivity index (χ4v) is 2.95. The van der Waals surface area contributed by atoms with E-state index in [-0.39, 0.29) is 30.5 Å². The molecule has 7 heteroatoms. The van der Waals surface area contributed by atoms with Crippen LogP contribution < -0.4 is 0 Å². The summed E-state index contributed by atoms with van der Waals surface area (Å²) in [5.74, 6) is 0. The van der Waals surface area contributed by atoms with Gasteiger partial charge in [0.2, 0.25) is 0 Å². The van der Waals surface area contributed by atoms with Gasteiger partial charge in [-0.25, -0.2) is 0 Å². The van der Waals surface area contributed by atoms with Gasteiger partial charge in [-0.05, 0) is 13.8 Å². The number of ether oxygens (including phenoxy) is 5. The van der Waals surface area contributed by atoms with Crippen LogP contribution in [0.15, 0.2) is 0 Å². The van der Waals surface area contributed by atoms with Crippen LogP contribution in [0.1, 0.15) is 26.7 Å². The number of aliphatic hydroxyl groups is 2. The van der Waals surface area contributed by atoms with Gasteiger partial charge in [0.25, 0.3) is 0 Å². The molecular weight excluding hydrogens is 280 g/mol. The van der Waals surface area contributed by atoms with Crippen molar-refractivity contribution in [3.05, 3.63) is 0 Å². The van der Waals surface area contributed by atoms with Crippen molar-refractivity contribution >= 4 is 0 Å². The van der Waals surface area contributed by atoms with Gasteiger partial charge in [-0.1, -0.05) is 0 Å². The van der Waals surface area contributed by atoms with E-state index in [1.165, 1.54) is 0 Å². The Bertz CT molecular complexity index is 326. The first-order chi connectivity index (χ1) is 9.96. The van der Waals surface area contributed by atoms with E-state index in [1.807, 2.05) is 6.92 Å². The zero-order valence-corrected chi connectivity index (χ0v) is 13.0. The molecule has 0 amide bonds. The molecular formula is C14H26O7. The minimum absolute atomic E-state index is 0.268. The molecule has 2 aliphatic heterocycles. The summed E-state index contributed by atoms with van der Waals surface area (Å²) in [5, 5.41) is 19.6. The van der Waals surface area contributed by atoms with Gasteiger partial charge < -0.3 is 33.9 Å². The average molecular weight is 306 g/mol. The van der Waals surface area contributed by atoms with Gasteiger partial charge >= 0.3 is 0 Å². The van der Waals surface area contributed by atoms with Gasteiger partial charge in [-0.2, -0.15) is 0 Å². The highest BCUT2D eigenvalue weighted by atomic mass is 16.7. The summed E-state index contributed by atoms with van der Waals surface area (Å²) in [7, 11) is 3.14. The number of rotatable bonds is 4. The smallest absolute Gasteiger partial charge is 0.161 e. The lowest BCUT2D eigenvalue weighted by molar-refractivity contribution is -0.310. The molecule has 2 unspecified atom stereocenters. The minimum atomic E-state index is -0.843. The molecule has 0 bridgehead atoms. The Morgan fingerprint density at radius 1 is 0.905 bits per heavy atom. The van der Waals surface area contributed by atoms with E-state index in [2.05, 4.69) is 0 Å². The molecule has 2 heterocycles. The first-order valence-electron chi connectivity index (χ1n) is 7.34. The van der Waals surface area contributed by atoms with Gasteiger partial charge in [0, 0.05) is 27.1 Å². The van der Waals surface area contributed by atoms with E-state index in [0.29, 0.717) is 12.8 Å². The van der Waals surface area contributed by atoms with Gasteiger partial charge in [-0.3, -0.25) is 0 Å². The van der Waals surface area contributed by atoms with Crippen molar-refractivity contribution < 1.29 is 33.9 Å². The third-order valence-electron chi connectivity index (χ3n) is 4.20. The van der Waals surface area contributed by atoms with E-state index in [9.17, 15) is 10.2 Å². The molecule has 2 aliphatic rings. The number of hydrogen-bond donors (Lipinski definition) is 2. The molecule has 0 spiro atoms. The molecule has 0 aromatic carbocycles. The summed E-state index contributed by atoms with van der Waals surface area (Å²) in [4.78, 5) is 0. The Kier molecular flexibility index (Phi) is 5.96. The van der Waals surface area contributed by atoms with Crippen LogP contribution in [-0.4, -0.2) is 73.6 Å². The lowest BCUT2D eigenvalue weighted by atomic mass is 10.0. The summed E-state index contributed by atoms with van der Waals surface area (Å²) >= 11 is 0. The molecule has 0 aromatic rings. The molecule has 2 N–H and O–H groups in total. The lowest BCUT2D eigenvalue weighted by Gasteiger charge is -2.42. The van der Waals surface area contributed by atoms with E-state index < -0.39 is 18.7 Å². The maximum absolute atomic E-state index is 9.96. The quantitative estimate of drug-likeness (QED) is 0.757. The fourth-order valence-electron chi connectivity index (χ4n) is 2.95. The highest BCUT2D eigenvalue weighted by Crippen LogP contribution is 2.29. The summed E-state index contributed by atoms with van der Waals surface area (Å²) in [6.07, 6.45) is -2.86. The second-order valence-corrected chi connectivity index (χ2v) is 5.68. The average Bonchev–Trinajstić information content (AvgIpc) is 2.45. The van der Waals surface area contributed by atoms with E-state index in [1.54, 1.807) is 21.1 Å². The standard InChI is InChI=1S/C14H26O7/c1-7-13(16)9(17-3)6-12(20-7)21-14-8(2)19-11(15)5-10(14)18-4/h7-16H,5-6H2,1-4H3/t7-,8-,9-,10-,11+,12?,13?,14-/m0/s1. The van der Waals surface area contributed by atoms with Crippen LogP contribution in [0.5, 0.6) is 0 Å². The van der Waals surface area contributed by atoms with Crippen LogP contribution in [0.2, 0.25) is 0 Å². The van der Waals surface area contributed by atoms with E-state index in [4.69, 9.17) is 23.7 Å². The van der Waals surface area contributed by atoms with Crippen LogP contribution >= 0.6 is 0 Å². The first-order valence-corrected chi connectivity index (χ1v) is 7.34. The van der Waals surface area contributed by atoms with Gasteiger partial charge in [0.1, 0.15) is 12.2 Å². The highest BCUT2D eigenvalue weighted by molar-refractivity contribution is 4.86. The van der Waals surface area contributed by atoms with Crippen molar-refractivity contribution in [2.45, 2.75) is 75.9 Å². The molecule has 7 nitrogen and oxygen atoms in total. The predicted octanol–water partition coefficient (Wildman–Crippen LogP) is 0.0246. The van der Waals surface area contributed by atoms with Crippen LogP contribution in [0.4, 0.5) is 0 Å². The molecule has 21 heavy (non-hydrogen) atoms. The molecule has 0 aromatic heterocycles. The van der Waals surface area contributed by atoms with Crippen LogP contribution in [-0.2, 0) is 23.7 Å². The fraction of sp³-hybridized carbons (Fsp3) is 1.00. The Morgan fingerprint density at radius 3 is 2.19 bits per heavy atom. The third kappa shape index (κ3) is 3.92. The summed E-state index contributed by atoms with van der Waals surface area (Å²) in [5.41, 5.74) is 0. The normalized spacial score (nSPS) is 48.3. The van der Waals surface area contributed by atoms with E-state index in [0.717, 1.165) is 0 Å². The molecule has 8 atom stereocenters. The number of aliphatic hydroxyl groups excluding tert-OH is 2. The van der Waals surface area contributed by atoms with Gasteiger partial charge in [-0.15, -0.1) is 0 Å². The van der Waals surface area contributed by atoms with Crippen LogP contribution in [0, 0.1) is 0 Å². The van der Waals surface area contributed by atoms with Gasteiger partial charge in [0.15, 0.2) is 12.6 Å². The summed E-state index contributed by atoms with van der Waals surface area (Å²) in [6, 6.07) is 0. The third-order valence-corrected chi connectivity index (χ3v) is 4.20. The van der Waals surface area contributed by atoms with Crippen molar-refractivity contribution in [1.29, 1.82) is 0 Å². The maximum atomic E-state index is 9.96. The maximum Gasteiger partial charge on any atom is 0.161 e. The van der Waals surface area contributed by atoms with Crippen LogP contribution in [0.25, 0.3) is 0 Å². The molecule has 2 saturated heterocycles. The highest BCUT2D eigenvalue weighted by Gasteiger charge is 2.42. The van der Waals surface area contributed by atoms with Crippen LogP contribution in [0.3, 0.4) is 0 Å². The second-order valence-electron chi connectivity index (χ2n) is 5.68. The zero-order valence-electron chi connectivity index (χ0n) is 13.0. The topological polar surface area (TPSA) is 86.6 Å². The van der Waals surface area contributed by atoms with E-state index >= 15 is 0 Å². The SMILES string of the molecule is CO[C@H]1CC(O[C@H]2[C@H](C)O[C@@H](O)C[C@@H]2OC)O[C@@H](C)C1O. The van der Waals surface area contributed by atoms with Crippen molar-refractivity contribution in [3.63, 3.8) is 0 Å². The Hall–Kier alpha value is -0.280. The first kappa shape index (κ1) is 17.1. The van der Waals surface area contributed by atoms with Crippen molar-refractivity contribution in [1.82, 2.24) is 0 Å². The molecule has 2 fully saturated rings. The van der Waals surface area contributed by atoms with Crippen molar-refractivity contribution in [3.8, 4) is 0 Å². The Labute approximate surface area is 125 Å². The molecule has 0 aliphatic carbocycles.